The topological polar surface area (TPSA) is 117 Å². The van der Waals surface area contributed by atoms with E-state index in [0.29, 0.717) is 5.75 Å². The van der Waals surface area contributed by atoms with Crippen LogP contribution in [-0.2, 0) is 16.9 Å². The minimum atomic E-state index is -5.09. The number of hydrogen-bond acceptors (Lipinski definition) is 7. The van der Waals surface area contributed by atoms with Gasteiger partial charge < -0.3 is 19.1 Å². The number of rotatable bonds is 6. The molecule has 1 aliphatic heterocycles. The van der Waals surface area contributed by atoms with Crippen molar-refractivity contribution in [1.82, 2.24) is 14.7 Å². The quantitative estimate of drug-likeness (QED) is 0.406. The largest absolute Gasteiger partial charge is 0.592 e. The Morgan fingerprint density at radius 1 is 1.24 bits per heavy atom. The van der Waals surface area contributed by atoms with Crippen LogP contribution < -0.4 is 14.2 Å². The maximum absolute atomic E-state index is 14.5. The zero-order valence-corrected chi connectivity index (χ0v) is 17.1. The van der Waals surface area contributed by atoms with Crippen molar-refractivity contribution in [1.29, 1.82) is 0 Å². The van der Waals surface area contributed by atoms with Crippen molar-refractivity contribution in [3.05, 3.63) is 77.5 Å². The van der Waals surface area contributed by atoms with Gasteiger partial charge in [0.05, 0.1) is 16.9 Å². The van der Waals surface area contributed by atoms with Crippen molar-refractivity contribution in [2.45, 2.75) is 16.9 Å². The molecular formula is C20H13F4N3O5S. The molecule has 13 heteroatoms. The number of carboxylic acids is 1. The van der Waals surface area contributed by atoms with Crippen molar-refractivity contribution in [2.75, 3.05) is 6.61 Å². The van der Waals surface area contributed by atoms with E-state index >= 15 is 0 Å². The molecule has 3 aromatic rings. The molecule has 1 aromatic carbocycles. The van der Waals surface area contributed by atoms with E-state index in [-0.39, 0.29) is 28.5 Å². The number of alkyl halides is 3. The molecule has 2 aromatic heterocycles. The van der Waals surface area contributed by atoms with Gasteiger partial charge in [0.25, 0.3) is 5.03 Å². The first-order valence-corrected chi connectivity index (χ1v) is 10.3. The maximum atomic E-state index is 14.5. The van der Waals surface area contributed by atoms with Gasteiger partial charge in [0.15, 0.2) is 17.1 Å². The Balaban J connectivity index is 1.73. The molecule has 3 heterocycles. The van der Waals surface area contributed by atoms with Crippen LogP contribution in [0.1, 0.15) is 21.6 Å². The van der Waals surface area contributed by atoms with Gasteiger partial charge in [0, 0.05) is 18.5 Å². The Kier molecular flexibility index (Phi) is 5.86. The summed E-state index contributed by atoms with van der Waals surface area (Å²) >= 11 is -2.08. The number of halogens is 4. The summed E-state index contributed by atoms with van der Waals surface area (Å²) in [7, 11) is 0. The standard InChI is InChI=1S/C20H13F4N3O5S/c21-13-8-12(4-5-14(13)32-20(22,23)24)19(10-31-15-2-1-7-25-17(15)19)27-33(30)16-6-3-11(9-26-16)18(28)29/h1-9,27H,10H2,(H,28,29)/t19-,33?/m1/s1. The van der Waals surface area contributed by atoms with Crippen molar-refractivity contribution >= 4 is 17.3 Å². The fraction of sp³-hybridized carbons (Fsp3) is 0.150. The highest BCUT2D eigenvalue weighted by Gasteiger charge is 2.48. The summed E-state index contributed by atoms with van der Waals surface area (Å²) in [6.45, 7) is -0.211. The van der Waals surface area contributed by atoms with Crippen LogP contribution in [-0.4, -0.2) is 38.6 Å². The number of aromatic carboxylic acids is 1. The summed E-state index contributed by atoms with van der Waals surface area (Å²) in [6.07, 6.45) is -2.65. The lowest BCUT2D eigenvalue weighted by Gasteiger charge is -2.28. The van der Waals surface area contributed by atoms with Crippen molar-refractivity contribution in [3.8, 4) is 11.5 Å². The zero-order valence-electron chi connectivity index (χ0n) is 16.3. The Hall–Kier alpha value is -3.42. The van der Waals surface area contributed by atoms with Gasteiger partial charge >= 0.3 is 12.3 Å². The summed E-state index contributed by atoms with van der Waals surface area (Å²) in [6, 6.07) is 8.37. The molecule has 1 unspecified atom stereocenters. The summed E-state index contributed by atoms with van der Waals surface area (Å²) in [5.41, 5.74) is -1.34. The van der Waals surface area contributed by atoms with Gasteiger partial charge in [-0.2, -0.15) is 0 Å². The summed E-state index contributed by atoms with van der Waals surface area (Å²) < 4.78 is 77.2. The van der Waals surface area contributed by atoms with E-state index < -0.39 is 40.8 Å². The number of hydrogen-bond donors (Lipinski definition) is 2. The Morgan fingerprint density at radius 3 is 2.67 bits per heavy atom. The molecule has 4 rings (SSSR count). The number of benzene rings is 1. The highest BCUT2D eigenvalue weighted by Crippen LogP contribution is 2.42. The first kappa shape index (κ1) is 22.8. The lowest BCUT2D eigenvalue weighted by molar-refractivity contribution is -0.275. The van der Waals surface area contributed by atoms with E-state index in [1.165, 1.54) is 24.4 Å². The number of aromatic nitrogens is 2. The molecule has 0 saturated heterocycles. The lowest BCUT2D eigenvalue weighted by atomic mass is 9.89. The van der Waals surface area contributed by atoms with Gasteiger partial charge in [-0.1, -0.05) is 6.07 Å². The fourth-order valence-corrected chi connectivity index (χ4v) is 4.27. The maximum Gasteiger partial charge on any atom is 0.573 e. The Bertz CT molecular complexity index is 1200. The van der Waals surface area contributed by atoms with Crippen molar-refractivity contribution in [3.63, 3.8) is 0 Å². The Morgan fingerprint density at radius 2 is 2.03 bits per heavy atom. The van der Waals surface area contributed by atoms with Gasteiger partial charge in [0.1, 0.15) is 18.1 Å². The summed E-state index contributed by atoms with van der Waals surface area (Å²) in [5.74, 6) is -3.26. The number of nitrogens with one attached hydrogen (secondary N) is 1. The molecule has 33 heavy (non-hydrogen) atoms. The molecular weight excluding hydrogens is 470 g/mol. The molecule has 2 N–H and O–H groups in total. The van der Waals surface area contributed by atoms with Crippen LogP contribution >= 0.6 is 0 Å². The second-order valence-corrected chi connectivity index (χ2v) is 7.96. The van der Waals surface area contributed by atoms with Crippen LogP contribution in [0.15, 0.2) is 59.9 Å². The van der Waals surface area contributed by atoms with E-state index in [1.807, 2.05) is 0 Å². The molecule has 1 aliphatic rings. The molecule has 2 atom stereocenters. The monoisotopic (exact) mass is 483 g/mol. The van der Waals surface area contributed by atoms with Crippen LogP contribution in [0.5, 0.6) is 11.5 Å². The van der Waals surface area contributed by atoms with Crippen molar-refractivity contribution < 1.29 is 41.5 Å². The molecule has 0 amide bonds. The molecule has 8 nitrogen and oxygen atoms in total. The van der Waals surface area contributed by atoms with E-state index in [0.717, 1.165) is 18.3 Å². The normalized spacial score (nSPS) is 18.3. The van der Waals surface area contributed by atoms with E-state index in [9.17, 15) is 26.9 Å². The highest BCUT2D eigenvalue weighted by molar-refractivity contribution is 7.89. The van der Waals surface area contributed by atoms with E-state index in [4.69, 9.17) is 9.84 Å². The SMILES string of the molecule is O=C(O)c1ccc([S+]([O-])N[C@@]2(c3ccc(OC(F)(F)F)c(F)c3)COc3cccnc32)nc1. The average molecular weight is 483 g/mol. The summed E-state index contributed by atoms with van der Waals surface area (Å²) in [5, 5.41) is 8.95. The smallest absolute Gasteiger partial charge is 0.573 e. The predicted octanol–water partition coefficient (Wildman–Crippen LogP) is 3.16. The minimum absolute atomic E-state index is 0.0405. The zero-order chi connectivity index (χ0) is 23.8. The molecule has 0 saturated carbocycles. The van der Waals surface area contributed by atoms with E-state index in [2.05, 4.69) is 19.4 Å². The van der Waals surface area contributed by atoms with Crippen LogP contribution in [0.25, 0.3) is 0 Å². The number of carboxylic acid groups (broad SMARTS) is 1. The second kappa shape index (κ2) is 8.50. The van der Waals surface area contributed by atoms with Gasteiger partial charge in [-0.3, -0.25) is 4.98 Å². The lowest BCUT2D eigenvalue weighted by Crippen LogP contribution is -2.48. The predicted molar refractivity (Wildman–Crippen MR) is 104 cm³/mol. The number of ether oxygens (including phenoxy) is 2. The third kappa shape index (κ3) is 4.55. The number of fused-ring (bicyclic) bond motifs is 1. The third-order valence-corrected chi connectivity index (χ3v) is 5.86. The third-order valence-electron chi connectivity index (χ3n) is 4.71. The van der Waals surface area contributed by atoms with E-state index in [1.54, 1.807) is 12.1 Å². The minimum Gasteiger partial charge on any atom is -0.592 e. The van der Waals surface area contributed by atoms with Crippen LogP contribution in [0.3, 0.4) is 0 Å². The summed E-state index contributed by atoms with van der Waals surface area (Å²) in [4.78, 5) is 19.1. The molecule has 0 radical (unpaired) electrons. The number of nitrogens with zero attached hydrogens (tertiary/aromatic N) is 2. The van der Waals surface area contributed by atoms with Gasteiger partial charge in [0.2, 0.25) is 0 Å². The number of pyridine rings is 2. The van der Waals surface area contributed by atoms with Crippen LogP contribution in [0.4, 0.5) is 17.6 Å². The van der Waals surface area contributed by atoms with Crippen LogP contribution in [0, 0.1) is 5.82 Å². The molecule has 172 valence electrons. The fourth-order valence-electron chi connectivity index (χ4n) is 3.24. The first-order chi connectivity index (χ1) is 15.6. The van der Waals surface area contributed by atoms with Crippen LogP contribution in [0.2, 0.25) is 0 Å². The second-order valence-electron chi connectivity index (χ2n) is 6.80. The molecule has 0 fully saturated rings. The van der Waals surface area contributed by atoms with Gasteiger partial charge in [-0.05, 0) is 35.9 Å². The highest BCUT2D eigenvalue weighted by atomic mass is 32.2. The molecule has 0 bridgehead atoms. The molecule has 0 spiro atoms. The van der Waals surface area contributed by atoms with Gasteiger partial charge in [-0.25, -0.2) is 14.2 Å². The first-order valence-electron chi connectivity index (χ1n) is 9.12. The average Bonchev–Trinajstić information content (AvgIpc) is 3.14. The van der Waals surface area contributed by atoms with Crippen molar-refractivity contribution in [2.24, 2.45) is 0 Å². The number of carbonyl (C=O) groups is 1. The van der Waals surface area contributed by atoms with Gasteiger partial charge in [-0.15, -0.1) is 17.9 Å². The molecule has 0 aliphatic carbocycles. The Labute approximate surface area is 186 Å².